The third kappa shape index (κ3) is 4.35. The van der Waals surface area contributed by atoms with Gasteiger partial charge in [-0.25, -0.2) is 24.5 Å². The van der Waals surface area contributed by atoms with E-state index in [0.717, 1.165) is 64.3 Å². The minimum Gasteiger partial charge on any atom is -0.356 e. The van der Waals surface area contributed by atoms with E-state index in [1.165, 1.54) is 6.42 Å². The largest absolute Gasteiger partial charge is 0.356 e. The number of nitrogens with one attached hydrogen (secondary N) is 1. The maximum Gasteiger partial charge on any atom is 0.223 e. The van der Waals surface area contributed by atoms with E-state index in [2.05, 4.69) is 44.2 Å². The zero-order valence-electron chi connectivity index (χ0n) is 20.2. The van der Waals surface area contributed by atoms with Crippen LogP contribution in [0.3, 0.4) is 0 Å². The topological polar surface area (TPSA) is 84.1 Å². The molecule has 0 bridgehead atoms. The predicted octanol–water partition coefficient (Wildman–Crippen LogP) is 4.44. The molecular weight excluding hydrogens is 424 g/mol. The van der Waals surface area contributed by atoms with Crippen LogP contribution in [-0.2, 0) is 6.54 Å². The summed E-state index contributed by atoms with van der Waals surface area (Å²) in [5, 5.41) is 8.09. The van der Waals surface area contributed by atoms with Crippen LogP contribution in [0.15, 0.2) is 48.9 Å². The van der Waals surface area contributed by atoms with E-state index in [4.69, 9.17) is 10.1 Å². The van der Waals surface area contributed by atoms with Crippen molar-refractivity contribution in [3.05, 3.63) is 77.1 Å². The number of aromatic nitrogens is 6. The fraction of sp³-hybridized carbons (Fsp3) is 0.346. The summed E-state index contributed by atoms with van der Waals surface area (Å²) in [6, 6.07) is 8.20. The number of aryl methyl sites for hydroxylation is 2. The number of fused-ring (bicyclic) bond motifs is 1. The highest BCUT2D eigenvalue weighted by atomic mass is 15.3. The van der Waals surface area contributed by atoms with Gasteiger partial charge in [0.2, 0.25) is 5.95 Å². The molecule has 1 atom stereocenters. The van der Waals surface area contributed by atoms with Crippen molar-refractivity contribution in [2.45, 2.75) is 40.7 Å². The molecule has 4 aromatic heterocycles. The average Bonchev–Trinajstić information content (AvgIpc) is 3.45. The molecule has 1 unspecified atom stereocenters. The molecule has 0 amide bonds. The van der Waals surface area contributed by atoms with Crippen molar-refractivity contribution < 1.29 is 0 Å². The van der Waals surface area contributed by atoms with Gasteiger partial charge in [0.15, 0.2) is 5.65 Å². The van der Waals surface area contributed by atoms with Crippen LogP contribution in [0, 0.1) is 19.8 Å². The normalized spacial score (nSPS) is 16.4. The number of anilines is 2. The molecule has 1 fully saturated rings. The summed E-state index contributed by atoms with van der Waals surface area (Å²) >= 11 is 0. The fourth-order valence-corrected chi connectivity index (χ4v) is 4.42. The number of rotatable bonds is 6. The second-order valence-electron chi connectivity index (χ2n) is 9.00. The molecule has 0 saturated carbocycles. The van der Waals surface area contributed by atoms with Gasteiger partial charge in [-0.1, -0.05) is 19.1 Å². The van der Waals surface area contributed by atoms with Gasteiger partial charge in [0.1, 0.15) is 5.82 Å². The summed E-state index contributed by atoms with van der Waals surface area (Å²) in [6.45, 7) is 11.1. The molecule has 0 radical (unpaired) electrons. The van der Waals surface area contributed by atoms with Gasteiger partial charge in [-0.3, -0.25) is 0 Å². The molecule has 1 aliphatic rings. The van der Waals surface area contributed by atoms with E-state index in [1.807, 2.05) is 62.1 Å². The summed E-state index contributed by atoms with van der Waals surface area (Å²) in [6.07, 6.45) is 8.91. The van der Waals surface area contributed by atoms with E-state index in [-0.39, 0.29) is 0 Å². The van der Waals surface area contributed by atoms with Crippen LogP contribution in [0.1, 0.15) is 48.5 Å². The first kappa shape index (κ1) is 22.0. The SMILES string of the molecule is C/C=C(/c1ccc2ncc(C)n2n1)c1cnc(NCc2ccc(N3CCC(C)C3)nc2)nc1C. The zero-order valence-corrected chi connectivity index (χ0v) is 20.2. The molecule has 5 heterocycles. The van der Waals surface area contributed by atoms with E-state index in [1.54, 1.807) is 0 Å². The number of hydrogen-bond acceptors (Lipinski definition) is 7. The Kier molecular flexibility index (Phi) is 5.96. The van der Waals surface area contributed by atoms with Crippen molar-refractivity contribution >= 4 is 23.0 Å². The molecule has 5 rings (SSSR count). The molecule has 0 aliphatic carbocycles. The number of hydrogen-bond donors (Lipinski definition) is 1. The Hall–Kier alpha value is -3.81. The molecule has 34 heavy (non-hydrogen) atoms. The second kappa shape index (κ2) is 9.21. The van der Waals surface area contributed by atoms with Gasteiger partial charge >= 0.3 is 0 Å². The smallest absolute Gasteiger partial charge is 0.223 e. The first-order valence-electron chi connectivity index (χ1n) is 11.8. The van der Waals surface area contributed by atoms with E-state index in [0.29, 0.717) is 12.5 Å². The highest BCUT2D eigenvalue weighted by Crippen LogP contribution is 2.25. The van der Waals surface area contributed by atoms with Crippen LogP contribution in [0.4, 0.5) is 11.8 Å². The Morgan fingerprint density at radius 3 is 2.68 bits per heavy atom. The molecule has 1 aliphatic heterocycles. The van der Waals surface area contributed by atoms with Gasteiger partial charge in [-0.05, 0) is 56.9 Å². The van der Waals surface area contributed by atoms with Crippen molar-refractivity contribution in [1.82, 2.24) is 29.5 Å². The number of pyridine rings is 1. The van der Waals surface area contributed by atoms with Crippen molar-refractivity contribution in [3.63, 3.8) is 0 Å². The standard InChI is InChI=1S/C26H30N8/c1-5-21(23-7-9-25-27-12-18(3)34(25)32-23)22-15-30-26(31-19(22)4)29-14-20-6-8-24(28-13-20)33-11-10-17(2)16-33/h5-9,12-13,15,17H,10-11,14,16H2,1-4H3,(H,29,30,31)/b21-5+. The molecule has 1 N–H and O–H groups in total. The van der Waals surface area contributed by atoms with Gasteiger partial charge in [0.25, 0.3) is 0 Å². The minimum absolute atomic E-state index is 0.600. The molecule has 174 valence electrons. The summed E-state index contributed by atoms with van der Waals surface area (Å²) in [7, 11) is 0. The minimum atomic E-state index is 0.600. The molecular formula is C26H30N8. The van der Waals surface area contributed by atoms with Crippen molar-refractivity contribution in [2.75, 3.05) is 23.3 Å². The van der Waals surface area contributed by atoms with Crippen LogP contribution >= 0.6 is 0 Å². The lowest BCUT2D eigenvalue weighted by Crippen LogP contribution is -2.20. The van der Waals surface area contributed by atoms with Crippen molar-refractivity contribution in [2.24, 2.45) is 5.92 Å². The summed E-state index contributed by atoms with van der Waals surface area (Å²) in [5.74, 6) is 2.40. The number of nitrogens with zero attached hydrogens (tertiary/aromatic N) is 7. The highest BCUT2D eigenvalue weighted by Gasteiger charge is 2.19. The molecule has 0 aromatic carbocycles. The lowest BCUT2D eigenvalue weighted by molar-refractivity contribution is 0.659. The lowest BCUT2D eigenvalue weighted by atomic mass is 10.0. The van der Waals surface area contributed by atoms with Crippen LogP contribution in [-0.4, -0.2) is 42.6 Å². The number of allylic oxidation sites excluding steroid dienone is 1. The summed E-state index contributed by atoms with van der Waals surface area (Å²) in [5.41, 5.74) is 6.65. The number of imidazole rings is 1. The fourth-order valence-electron chi connectivity index (χ4n) is 4.42. The lowest BCUT2D eigenvalue weighted by Gasteiger charge is -2.17. The van der Waals surface area contributed by atoms with Crippen LogP contribution in [0.25, 0.3) is 11.2 Å². The van der Waals surface area contributed by atoms with E-state index >= 15 is 0 Å². The van der Waals surface area contributed by atoms with Crippen LogP contribution in [0.2, 0.25) is 0 Å². The summed E-state index contributed by atoms with van der Waals surface area (Å²) in [4.78, 5) is 20.6. The predicted molar refractivity (Wildman–Crippen MR) is 135 cm³/mol. The first-order valence-corrected chi connectivity index (χ1v) is 11.8. The van der Waals surface area contributed by atoms with E-state index < -0.39 is 0 Å². The van der Waals surface area contributed by atoms with Gasteiger partial charge in [0.05, 0.1) is 23.3 Å². The third-order valence-electron chi connectivity index (χ3n) is 6.37. The van der Waals surface area contributed by atoms with Gasteiger partial charge < -0.3 is 10.2 Å². The monoisotopic (exact) mass is 454 g/mol. The van der Waals surface area contributed by atoms with E-state index in [9.17, 15) is 0 Å². The first-order chi connectivity index (χ1) is 16.5. The van der Waals surface area contributed by atoms with Crippen LogP contribution < -0.4 is 10.2 Å². The Labute approximate surface area is 199 Å². The Balaban J connectivity index is 1.28. The Morgan fingerprint density at radius 1 is 1.09 bits per heavy atom. The van der Waals surface area contributed by atoms with Crippen molar-refractivity contribution in [1.29, 1.82) is 0 Å². The van der Waals surface area contributed by atoms with Crippen LogP contribution in [0.5, 0.6) is 0 Å². The van der Waals surface area contributed by atoms with Gasteiger partial charge in [-0.15, -0.1) is 0 Å². The third-order valence-corrected chi connectivity index (χ3v) is 6.37. The average molecular weight is 455 g/mol. The molecule has 0 spiro atoms. The summed E-state index contributed by atoms with van der Waals surface area (Å²) < 4.78 is 1.86. The Bertz CT molecular complexity index is 1340. The van der Waals surface area contributed by atoms with Crippen molar-refractivity contribution in [3.8, 4) is 0 Å². The zero-order chi connectivity index (χ0) is 23.7. The van der Waals surface area contributed by atoms with Gasteiger partial charge in [-0.2, -0.15) is 5.10 Å². The highest BCUT2D eigenvalue weighted by molar-refractivity contribution is 5.78. The maximum absolute atomic E-state index is 4.77. The van der Waals surface area contributed by atoms with Gasteiger partial charge in [0, 0.05) is 43.2 Å². The molecule has 8 heteroatoms. The molecule has 4 aromatic rings. The second-order valence-corrected chi connectivity index (χ2v) is 9.00. The maximum atomic E-state index is 4.77. The Morgan fingerprint density at radius 2 is 1.97 bits per heavy atom. The molecule has 8 nitrogen and oxygen atoms in total. The quantitative estimate of drug-likeness (QED) is 0.461. The molecule has 1 saturated heterocycles.